The molecular formula is C33H55N3O9. The third kappa shape index (κ3) is 24.9. The summed E-state index contributed by atoms with van der Waals surface area (Å²) in [4.78, 5) is 47.2. The summed E-state index contributed by atoms with van der Waals surface area (Å²) in [6.07, 6.45) is 11.8. The van der Waals surface area contributed by atoms with Gasteiger partial charge < -0.3 is 40.0 Å². The van der Waals surface area contributed by atoms with Crippen LogP contribution in [0.25, 0.3) is 0 Å². The lowest BCUT2D eigenvalue weighted by Crippen LogP contribution is -2.44. The lowest BCUT2D eigenvalue weighted by atomic mass is 10.1. The molecule has 0 aliphatic heterocycles. The van der Waals surface area contributed by atoms with Crippen LogP contribution in [0.2, 0.25) is 0 Å². The molecule has 0 radical (unpaired) electrons. The summed E-state index contributed by atoms with van der Waals surface area (Å²) in [6.45, 7) is 4.18. The number of nitrogens with one attached hydrogen (secondary N) is 3. The van der Waals surface area contributed by atoms with E-state index in [9.17, 15) is 24.3 Å². The van der Waals surface area contributed by atoms with Gasteiger partial charge in [-0.3, -0.25) is 14.4 Å². The maximum atomic E-state index is 12.0. The Bertz CT molecular complexity index is 918. The predicted molar refractivity (Wildman–Crippen MR) is 171 cm³/mol. The first-order valence-corrected chi connectivity index (χ1v) is 16.3. The minimum Gasteiger partial charge on any atom is -0.480 e. The Hall–Kier alpha value is -3.06. The molecule has 0 saturated carbocycles. The molecule has 12 nitrogen and oxygen atoms in total. The maximum absolute atomic E-state index is 12.0. The van der Waals surface area contributed by atoms with Crippen LogP contribution < -0.4 is 16.0 Å². The van der Waals surface area contributed by atoms with E-state index in [0.717, 1.165) is 18.4 Å². The van der Waals surface area contributed by atoms with Gasteiger partial charge in [0.2, 0.25) is 17.7 Å². The summed E-state index contributed by atoms with van der Waals surface area (Å²) < 4.78 is 21.3. The van der Waals surface area contributed by atoms with Crippen LogP contribution in [-0.4, -0.2) is 101 Å². The van der Waals surface area contributed by atoms with E-state index in [4.69, 9.17) is 18.9 Å². The van der Waals surface area contributed by atoms with Gasteiger partial charge in [0.1, 0.15) is 19.3 Å². The molecule has 12 heteroatoms. The van der Waals surface area contributed by atoms with E-state index >= 15 is 0 Å². The average molecular weight is 638 g/mol. The van der Waals surface area contributed by atoms with Crippen molar-refractivity contribution < 1.29 is 43.2 Å². The Morgan fingerprint density at radius 3 is 1.73 bits per heavy atom. The van der Waals surface area contributed by atoms with Crippen molar-refractivity contribution in [3.05, 3.63) is 35.9 Å². The summed E-state index contributed by atoms with van der Waals surface area (Å²) in [5.41, 5.74) is 0.806. The second-order valence-corrected chi connectivity index (χ2v) is 10.8. The van der Waals surface area contributed by atoms with Crippen molar-refractivity contribution in [1.82, 2.24) is 16.0 Å². The number of carboxylic acid groups (broad SMARTS) is 1. The first-order valence-electron chi connectivity index (χ1n) is 16.3. The van der Waals surface area contributed by atoms with Gasteiger partial charge in [-0.25, -0.2) is 4.79 Å². The lowest BCUT2D eigenvalue weighted by Gasteiger charge is -2.14. The molecule has 0 aliphatic rings. The quantitative estimate of drug-likeness (QED) is 0.0930. The summed E-state index contributed by atoms with van der Waals surface area (Å²) in [5, 5.41) is 17.3. The van der Waals surface area contributed by atoms with E-state index in [2.05, 4.69) is 22.9 Å². The number of unbranched alkanes of at least 4 members (excludes halogenated alkanes) is 8. The number of rotatable bonds is 30. The van der Waals surface area contributed by atoms with Crippen molar-refractivity contribution in [2.24, 2.45) is 0 Å². The van der Waals surface area contributed by atoms with E-state index in [0.29, 0.717) is 26.2 Å². The third-order valence-electron chi connectivity index (χ3n) is 6.77. The Labute approximate surface area is 268 Å². The Balaban J connectivity index is 1.87. The molecule has 1 aromatic rings. The van der Waals surface area contributed by atoms with Crippen LogP contribution in [0.4, 0.5) is 0 Å². The molecule has 1 rings (SSSR count). The molecule has 45 heavy (non-hydrogen) atoms. The molecule has 3 amide bonds. The number of amides is 3. The Morgan fingerprint density at radius 2 is 1.16 bits per heavy atom. The number of benzene rings is 1. The number of carbonyl (C=O) groups is 4. The van der Waals surface area contributed by atoms with Crippen molar-refractivity contribution in [2.45, 2.75) is 83.6 Å². The largest absolute Gasteiger partial charge is 0.480 e. The highest BCUT2D eigenvalue weighted by Gasteiger charge is 2.20. The minimum atomic E-state index is -1.12. The van der Waals surface area contributed by atoms with Crippen LogP contribution in [0.3, 0.4) is 0 Å². The van der Waals surface area contributed by atoms with Gasteiger partial charge in [0.05, 0.1) is 39.6 Å². The summed E-state index contributed by atoms with van der Waals surface area (Å²) >= 11 is 0. The summed E-state index contributed by atoms with van der Waals surface area (Å²) in [7, 11) is 0. The molecule has 0 bridgehead atoms. The van der Waals surface area contributed by atoms with Crippen LogP contribution in [0.15, 0.2) is 30.3 Å². The van der Waals surface area contributed by atoms with E-state index in [1.165, 1.54) is 44.9 Å². The van der Waals surface area contributed by atoms with Gasteiger partial charge in [0.15, 0.2) is 0 Å². The second-order valence-electron chi connectivity index (χ2n) is 10.8. The molecule has 1 aromatic carbocycles. The van der Waals surface area contributed by atoms with Gasteiger partial charge in [-0.1, -0.05) is 88.6 Å². The topological polar surface area (TPSA) is 162 Å². The van der Waals surface area contributed by atoms with Crippen LogP contribution in [0.1, 0.15) is 76.7 Å². The van der Waals surface area contributed by atoms with E-state index in [1.807, 2.05) is 6.07 Å². The van der Waals surface area contributed by atoms with E-state index < -0.39 is 17.9 Å². The van der Waals surface area contributed by atoms with Gasteiger partial charge >= 0.3 is 5.97 Å². The number of ether oxygens (including phenoxy) is 4. The lowest BCUT2D eigenvalue weighted by molar-refractivity contribution is -0.142. The van der Waals surface area contributed by atoms with Crippen molar-refractivity contribution in [3.63, 3.8) is 0 Å². The molecule has 4 N–H and O–H groups in total. The zero-order chi connectivity index (χ0) is 32.8. The molecule has 0 fully saturated rings. The second kappa shape index (κ2) is 28.4. The van der Waals surface area contributed by atoms with Gasteiger partial charge in [0, 0.05) is 25.9 Å². The highest BCUT2D eigenvalue weighted by molar-refractivity contribution is 5.84. The van der Waals surface area contributed by atoms with Crippen LogP contribution in [0.5, 0.6) is 0 Å². The molecule has 256 valence electrons. The van der Waals surface area contributed by atoms with Crippen molar-refractivity contribution in [3.8, 4) is 0 Å². The average Bonchev–Trinajstić information content (AvgIpc) is 3.02. The highest BCUT2D eigenvalue weighted by atomic mass is 16.5. The maximum Gasteiger partial charge on any atom is 0.326 e. The molecule has 0 spiro atoms. The molecule has 0 saturated heterocycles. The van der Waals surface area contributed by atoms with E-state index in [-0.39, 0.29) is 64.4 Å². The molecule has 0 heterocycles. The standard InChI is InChI=1S/C33H55N3O9/c1-2-3-4-5-6-7-8-9-13-16-30(37)34-17-19-42-21-23-44-26-31(38)35-18-20-43-22-24-45-27-32(39)36-29(33(40)41)25-28-14-11-10-12-15-28/h10-12,14-15,29H,2-9,13,16-27H2,1H3,(H,34,37)(H,35,38)(H,36,39)(H,40,41)/t29-/m0/s1. The van der Waals surface area contributed by atoms with Gasteiger partial charge in [-0.2, -0.15) is 0 Å². The fourth-order valence-corrected chi connectivity index (χ4v) is 4.32. The number of carbonyl (C=O) groups excluding carboxylic acids is 3. The predicted octanol–water partition coefficient (Wildman–Crippen LogP) is 3.02. The van der Waals surface area contributed by atoms with Crippen LogP contribution >= 0.6 is 0 Å². The van der Waals surface area contributed by atoms with Gasteiger partial charge in [-0.05, 0) is 12.0 Å². The van der Waals surface area contributed by atoms with Crippen molar-refractivity contribution >= 4 is 23.7 Å². The van der Waals surface area contributed by atoms with Crippen molar-refractivity contribution in [1.29, 1.82) is 0 Å². The Kier molecular flexibility index (Phi) is 25.2. The molecule has 0 unspecified atom stereocenters. The Morgan fingerprint density at radius 1 is 0.644 bits per heavy atom. The molecule has 0 aromatic heterocycles. The molecule has 0 aliphatic carbocycles. The molecule has 1 atom stereocenters. The number of hydrogen-bond donors (Lipinski definition) is 4. The fraction of sp³-hybridized carbons (Fsp3) is 0.697. The third-order valence-corrected chi connectivity index (χ3v) is 6.77. The number of carboxylic acids is 1. The first kappa shape index (κ1) is 40.0. The molecular weight excluding hydrogens is 582 g/mol. The van der Waals surface area contributed by atoms with Crippen molar-refractivity contribution in [2.75, 3.05) is 65.9 Å². The summed E-state index contributed by atoms with van der Waals surface area (Å²) in [6, 6.07) is 8.00. The zero-order valence-corrected chi connectivity index (χ0v) is 27.0. The van der Waals surface area contributed by atoms with Crippen LogP contribution in [0, 0.1) is 0 Å². The number of aliphatic carboxylic acids is 1. The van der Waals surface area contributed by atoms with Crippen LogP contribution in [-0.2, 0) is 44.5 Å². The van der Waals surface area contributed by atoms with Gasteiger partial charge in [0.25, 0.3) is 0 Å². The minimum absolute atomic E-state index is 0.0548. The smallest absolute Gasteiger partial charge is 0.326 e. The first-order chi connectivity index (χ1) is 21.9. The normalized spacial score (nSPS) is 11.6. The highest BCUT2D eigenvalue weighted by Crippen LogP contribution is 2.10. The van der Waals surface area contributed by atoms with E-state index in [1.54, 1.807) is 24.3 Å². The zero-order valence-electron chi connectivity index (χ0n) is 27.0. The van der Waals surface area contributed by atoms with Gasteiger partial charge in [-0.15, -0.1) is 0 Å². The monoisotopic (exact) mass is 637 g/mol. The number of hydrogen-bond acceptors (Lipinski definition) is 8. The fourth-order valence-electron chi connectivity index (χ4n) is 4.32. The summed E-state index contributed by atoms with van der Waals surface area (Å²) in [5.74, 6) is -1.87. The SMILES string of the molecule is CCCCCCCCCCCC(=O)NCCOCCOCC(=O)NCCOCCOCC(=O)N[C@@H](Cc1ccccc1)C(=O)O.